The fourth-order valence-electron chi connectivity index (χ4n) is 6.02. The van der Waals surface area contributed by atoms with Gasteiger partial charge in [-0.2, -0.15) is 0 Å². The molecule has 0 atom stereocenters. The molecular weight excluding hydrogens is 523 g/mol. The maximum Gasteiger partial charge on any atom is 0.179 e. The largest absolute Gasteiger partial charge is 0.355 e. The van der Waals surface area contributed by atoms with Gasteiger partial charge < -0.3 is 5.32 Å². The Morgan fingerprint density at radius 2 is 0.905 bits per heavy atom. The van der Waals surface area contributed by atoms with Crippen LogP contribution >= 0.6 is 0 Å². The molecule has 0 fully saturated rings. The van der Waals surface area contributed by atoms with Gasteiger partial charge in [0.1, 0.15) is 0 Å². The maximum absolute atomic E-state index is 3.76. The summed E-state index contributed by atoms with van der Waals surface area (Å²) in [5.74, 6) is 0. The van der Waals surface area contributed by atoms with Gasteiger partial charge in [-0.1, -0.05) is 166 Å². The van der Waals surface area contributed by atoms with Crippen LogP contribution < -0.4 is 26.1 Å². The van der Waals surface area contributed by atoms with Gasteiger partial charge in [0.2, 0.25) is 0 Å². The highest BCUT2D eigenvalue weighted by Gasteiger charge is 2.41. The Balaban J connectivity index is 1.58. The van der Waals surface area contributed by atoms with Crippen molar-refractivity contribution in [2.75, 3.05) is 5.32 Å². The highest BCUT2D eigenvalue weighted by molar-refractivity contribution is 7.19. The number of benzene rings is 6. The molecule has 0 aliphatic rings. The van der Waals surface area contributed by atoms with E-state index in [4.69, 9.17) is 0 Å². The van der Waals surface area contributed by atoms with E-state index in [2.05, 4.69) is 190 Å². The van der Waals surface area contributed by atoms with Crippen molar-refractivity contribution < 1.29 is 0 Å². The van der Waals surface area contributed by atoms with Crippen molar-refractivity contribution in [2.24, 2.45) is 0 Å². The van der Waals surface area contributed by atoms with Crippen molar-refractivity contribution in [3.63, 3.8) is 0 Å². The molecule has 0 spiro atoms. The lowest BCUT2D eigenvalue weighted by Gasteiger charge is -2.35. The molecule has 0 unspecified atom stereocenters. The summed E-state index contributed by atoms with van der Waals surface area (Å²) in [6.07, 6.45) is 0. The summed E-state index contributed by atoms with van der Waals surface area (Å²) in [6, 6.07) is 60.0. The molecule has 6 aromatic carbocycles. The van der Waals surface area contributed by atoms with E-state index in [1.807, 2.05) is 0 Å². The van der Waals surface area contributed by atoms with Crippen LogP contribution in [0, 0.1) is 0 Å². The van der Waals surface area contributed by atoms with Gasteiger partial charge in [-0.3, -0.25) is 0 Å². The van der Waals surface area contributed by atoms with Crippen LogP contribution in [0.25, 0.3) is 11.1 Å². The van der Waals surface area contributed by atoms with E-state index in [1.165, 1.54) is 37.4 Å². The van der Waals surface area contributed by atoms with Crippen LogP contribution in [0.15, 0.2) is 164 Å². The number of rotatable bonds is 7. The lowest BCUT2D eigenvalue weighted by atomic mass is 9.87. The molecular formula is C40H37NSi. The van der Waals surface area contributed by atoms with Crippen LogP contribution in [0.5, 0.6) is 0 Å². The number of hydrogen-bond donors (Lipinski definition) is 1. The third-order valence-electron chi connectivity index (χ3n) is 8.19. The minimum Gasteiger partial charge on any atom is -0.355 e. The first-order valence-corrected chi connectivity index (χ1v) is 16.7. The minimum absolute atomic E-state index is 0.121. The number of nitrogens with one attached hydrogen (secondary N) is 1. The molecule has 0 bridgehead atoms. The van der Waals surface area contributed by atoms with Crippen molar-refractivity contribution in [3.8, 4) is 11.1 Å². The molecule has 0 aliphatic carbocycles. The van der Waals surface area contributed by atoms with Gasteiger partial charge in [-0.15, -0.1) is 0 Å². The van der Waals surface area contributed by atoms with Crippen LogP contribution in [0.2, 0.25) is 0 Å². The lowest BCUT2D eigenvalue weighted by molar-refractivity contribution is 0.590. The second-order valence-electron chi connectivity index (χ2n) is 11.9. The molecule has 0 saturated carbocycles. The average molecular weight is 560 g/mol. The molecule has 6 aromatic rings. The highest BCUT2D eigenvalue weighted by atomic mass is 28.3. The van der Waals surface area contributed by atoms with Crippen molar-refractivity contribution in [1.82, 2.24) is 0 Å². The smallest absolute Gasteiger partial charge is 0.179 e. The molecule has 0 saturated heterocycles. The van der Waals surface area contributed by atoms with Gasteiger partial charge in [0.05, 0.1) is 0 Å². The Labute approximate surface area is 251 Å². The summed E-state index contributed by atoms with van der Waals surface area (Å²) >= 11 is 0. The maximum atomic E-state index is 3.76. The second-order valence-corrected chi connectivity index (χ2v) is 15.7. The van der Waals surface area contributed by atoms with E-state index in [1.54, 1.807) is 0 Å². The van der Waals surface area contributed by atoms with E-state index in [0.29, 0.717) is 0 Å². The quantitative estimate of drug-likeness (QED) is 0.156. The van der Waals surface area contributed by atoms with Crippen molar-refractivity contribution in [3.05, 3.63) is 169 Å². The first kappa shape index (κ1) is 27.5. The van der Waals surface area contributed by atoms with Crippen LogP contribution in [-0.2, 0) is 5.41 Å². The zero-order chi connectivity index (χ0) is 29.0. The van der Waals surface area contributed by atoms with Gasteiger partial charge in [-0.05, 0) is 55.5 Å². The molecule has 1 N–H and O–H groups in total. The summed E-state index contributed by atoms with van der Waals surface area (Å²) in [6.45, 7) is 6.76. The average Bonchev–Trinajstić information content (AvgIpc) is 3.04. The molecule has 0 aliphatic heterocycles. The van der Waals surface area contributed by atoms with Crippen LogP contribution in [0.1, 0.15) is 26.3 Å². The third-order valence-corrected chi connectivity index (χ3v) is 13.0. The second kappa shape index (κ2) is 11.7. The predicted molar refractivity (Wildman–Crippen MR) is 184 cm³/mol. The summed E-state index contributed by atoms with van der Waals surface area (Å²) < 4.78 is 0. The van der Waals surface area contributed by atoms with Gasteiger partial charge >= 0.3 is 0 Å². The van der Waals surface area contributed by atoms with E-state index in [-0.39, 0.29) is 5.41 Å². The standard InChI is InChI=1S/C40H37NSi/c1-40(2,3)32-24-26-33(27-25-32)41-39-29-28-37(30-38(39)31-16-8-4-9-17-31)42(34-18-10-5-11-19-34,35-20-12-6-13-21-35)36-22-14-7-15-23-36/h4-30,41H,1-3H3. The summed E-state index contributed by atoms with van der Waals surface area (Å²) in [5.41, 5.74) is 6.04. The first-order chi connectivity index (χ1) is 20.5. The topological polar surface area (TPSA) is 12.0 Å². The Bertz CT molecular complexity index is 1640. The Morgan fingerprint density at radius 1 is 0.452 bits per heavy atom. The molecule has 0 radical (unpaired) electrons. The molecule has 206 valence electrons. The zero-order valence-corrected chi connectivity index (χ0v) is 25.6. The van der Waals surface area contributed by atoms with Crippen molar-refractivity contribution in [1.29, 1.82) is 0 Å². The Hall–Kier alpha value is -4.66. The molecule has 42 heavy (non-hydrogen) atoms. The number of hydrogen-bond acceptors (Lipinski definition) is 1. The SMILES string of the molecule is CC(C)(C)c1ccc(Nc2ccc([Si](c3ccccc3)(c3ccccc3)c3ccccc3)cc2-c2ccccc2)cc1. The van der Waals surface area contributed by atoms with E-state index >= 15 is 0 Å². The molecule has 0 amide bonds. The van der Waals surface area contributed by atoms with Gasteiger partial charge in [0.25, 0.3) is 0 Å². The third kappa shape index (κ3) is 5.34. The normalized spacial score (nSPS) is 11.7. The van der Waals surface area contributed by atoms with Gasteiger partial charge in [-0.25, -0.2) is 0 Å². The van der Waals surface area contributed by atoms with E-state index in [9.17, 15) is 0 Å². The Morgan fingerprint density at radius 3 is 1.36 bits per heavy atom. The Kier molecular flexibility index (Phi) is 7.65. The predicted octanol–water partition coefficient (Wildman–Crippen LogP) is 7.77. The van der Waals surface area contributed by atoms with Crippen molar-refractivity contribution >= 4 is 40.2 Å². The zero-order valence-electron chi connectivity index (χ0n) is 24.6. The monoisotopic (exact) mass is 559 g/mol. The highest BCUT2D eigenvalue weighted by Crippen LogP contribution is 2.31. The molecule has 1 nitrogen and oxygen atoms in total. The number of anilines is 2. The van der Waals surface area contributed by atoms with E-state index < -0.39 is 8.07 Å². The lowest BCUT2D eigenvalue weighted by Crippen LogP contribution is -2.74. The van der Waals surface area contributed by atoms with Crippen LogP contribution in [0.3, 0.4) is 0 Å². The first-order valence-electron chi connectivity index (χ1n) is 14.7. The molecule has 2 heteroatoms. The van der Waals surface area contributed by atoms with E-state index in [0.717, 1.165) is 11.4 Å². The minimum atomic E-state index is -2.64. The molecule has 0 heterocycles. The molecule has 0 aromatic heterocycles. The summed E-state index contributed by atoms with van der Waals surface area (Å²) in [7, 11) is -2.64. The van der Waals surface area contributed by atoms with Crippen LogP contribution in [-0.4, -0.2) is 8.07 Å². The van der Waals surface area contributed by atoms with Crippen LogP contribution in [0.4, 0.5) is 11.4 Å². The fraction of sp³-hybridized carbons (Fsp3) is 0.100. The summed E-state index contributed by atoms with van der Waals surface area (Å²) in [4.78, 5) is 0. The van der Waals surface area contributed by atoms with Gasteiger partial charge in [0.15, 0.2) is 8.07 Å². The molecule has 6 rings (SSSR count). The van der Waals surface area contributed by atoms with Gasteiger partial charge in [0, 0.05) is 16.9 Å². The fourth-order valence-corrected chi connectivity index (χ4v) is 10.8. The summed E-state index contributed by atoms with van der Waals surface area (Å²) in [5, 5.41) is 9.25. The van der Waals surface area contributed by atoms with Crippen molar-refractivity contribution in [2.45, 2.75) is 26.2 Å².